The van der Waals surface area contributed by atoms with Gasteiger partial charge in [0.1, 0.15) is 31.2 Å². The molecule has 1 aromatic heterocycles. The highest BCUT2D eigenvalue weighted by Gasteiger charge is 2.34. The lowest BCUT2D eigenvalue weighted by atomic mass is 10.2. The summed E-state index contributed by atoms with van der Waals surface area (Å²) in [6.07, 6.45) is 0.876. The van der Waals surface area contributed by atoms with E-state index in [0.29, 0.717) is 24.9 Å². The molecule has 0 saturated heterocycles. The summed E-state index contributed by atoms with van der Waals surface area (Å²) in [5.41, 5.74) is -0.0893. The predicted molar refractivity (Wildman–Crippen MR) is 145 cm³/mol. The molecule has 4 N–H and O–H groups in total. The number of anilines is 3. The normalized spacial score (nSPS) is 14.3. The van der Waals surface area contributed by atoms with Crippen LogP contribution in [0.4, 0.5) is 17.5 Å². The van der Waals surface area contributed by atoms with E-state index < -0.39 is 36.3 Å². The summed E-state index contributed by atoms with van der Waals surface area (Å²) in [5, 5.41) is 8.89. The number of aromatic amines is 1. The Balaban J connectivity index is 2.06. The van der Waals surface area contributed by atoms with Gasteiger partial charge in [-0.2, -0.15) is 4.98 Å². The molecule has 0 bridgehead atoms. The Bertz CT molecular complexity index is 1080. The molecule has 224 valence electrons. The van der Waals surface area contributed by atoms with Gasteiger partial charge in [0.25, 0.3) is 5.56 Å². The molecule has 1 unspecified atom stereocenters. The average molecular weight is 569 g/mol. The van der Waals surface area contributed by atoms with Crippen molar-refractivity contribution in [2.75, 3.05) is 48.5 Å². The first kappa shape index (κ1) is 32.3. The number of hydrogen-bond acceptors (Lipinski definition) is 13. The molecule has 1 amide bonds. The van der Waals surface area contributed by atoms with Crippen molar-refractivity contribution < 1.29 is 38.1 Å². The van der Waals surface area contributed by atoms with Crippen LogP contribution in [0.5, 0.6) is 0 Å². The minimum atomic E-state index is -1.05. The smallest absolute Gasteiger partial charge is 0.303 e. The number of H-pyrrole nitrogens is 1. The number of nitrogens with zero attached hydrogens (tertiary/aromatic N) is 2. The fourth-order valence-corrected chi connectivity index (χ4v) is 3.92. The van der Waals surface area contributed by atoms with Crippen LogP contribution in [0.2, 0.25) is 0 Å². The number of carbonyl (C=O) groups excluding carboxylic acids is 4. The maximum atomic E-state index is 12.7. The zero-order valence-electron chi connectivity index (χ0n) is 23.7. The molecule has 15 nitrogen and oxygen atoms in total. The van der Waals surface area contributed by atoms with Gasteiger partial charge in [-0.3, -0.25) is 29.0 Å². The van der Waals surface area contributed by atoms with Crippen LogP contribution in [0.15, 0.2) is 4.79 Å². The number of carbonyl (C=O) groups is 4. The topological polar surface area (TPSA) is 190 Å². The van der Waals surface area contributed by atoms with Gasteiger partial charge in [0.2, 0.25) is 11.9 Å². The molecule has 1 aliphatic heterocycles. The van der Waals surface area contributed by atoms with Crippen molar-refractivity contribution in [3.05, 3.63) is 10.4 Å². The Labute approximate surface area is 232 Å². The number of fused-ring (bicyclic) bond motifs is 1. The number of ether oxygens (including phenoxy) is 4. The molecule has 15 heteroatoms. The Kier molecular flexibility index (Phi) is 13.2. The number of hydrogen-bond donors (Lipinski definition) is 4. The van der Waals surface area contributed by atoms with Crippen LogP contribution in [0.1, 0.15) is 60.3 Å². The van der Waals surface area contributed by atoms with Gasteiger partial charge in [0.15, 0.2) is 11.9 Å². The molecule has 0 radical (unpaired) electrons. The first-order valence-electron chi connectivity index (χ1n) is 13.2. The molecule has 1 aliphatic rings. The Morgan fingerprint density at radius 1 is 0.925 bits per heavy atom. The molecule has 3 atom stereocenters. The molecule has 2 heterocycles. The van der Waals surface area contributed by atoms with E-state index in [9.17, 15) is 24.0 Å². The monoisotopic (exact) mass is 568 g/mol. The third-order valence-corrected chi connectivity index (χ3v) is 5.81. The molecule has 0 saturated carbocycles. The molecular weight excluding hydrogens is 528 g/mol. The molecule has 40 heavy (non-hydrogen) atoms. The van der Waals surface area contributed by atoms with E-state index in [0.717, 1.165) is 25.7 Å². The standard InChI is InChI=1S/C25H40N6O9/c1-15(32)26-10-8-6-7-9-11-27-25-29-23-22(24(36)30-25)28-14-31(23)16(2)39-20(12-37-17(3)33)21(40-19(5)35)13-38-18(4)34/h16,20-21,28H,6-14H2,1-5H3,(H,26,32)(H2,27,29,30,36)/t16?,20-,21-/m1/s1. The largest absolute Gasteiger partial charge is 0.463 e. The predicted octanol–water partition coefficient (Wildman–Crippen LogP) is 0.857. The van der Waals surface area contributed by atoms with Gasteiger partial charge in [0.05, 0.1) is 6.67 Å². The summed E-state index contributed by atoms with van der Waals surface area (Å²) < 4.78 is 21.6. The Morgan fingerprint density at radius 3 is 2.15 bits per heavy atom. The first-order valence-corrected chi connectivity index (χ1v) is 13.2. The van der Waals surface area contributed by atoms with Crippen molar-refractivity contribution in [1.82, 2.24) is 15.3 Å². The minimum Gasteiger partial charge on any atom is -0.463 e. The second-order valence-corrected chi connectivity index (χ2v) is 9.27. The van der Waals surface area contributed by atoms with Crippen LogP contribution >= 0.6 is 0 Å². The van der Waals surface area contributed by atoms with Gasteiger partial charge in [-0.05, 0) is 19.8 Å². The summed E-state index contributed by atoms with van der Waals surface area (Å²) in [7, 11) is 0. The highest BCUT2D eigenvalue weighted by molar-refractivity contribution is 5.72. The minimum absolute atomic E-state index is 0.0392. The van der Waals surface area contributed by atoms with Crippen LogP contribution in [0, 0.1) is 0 Å². The van der Waals surface area contributed by atoms with Crippen LogP contribution in [0.3, 0.4) is 0 Å². The fourth-order valence-electron chi connectivity index (χ4n) is 3.92. The second-order valence-electron chi connectivity index (χ2n) is 9.27. The Morgan fingerprint density at radius 2 is 1.55 bits per heavy atom. The molecule has 2 rings (SSSR count). The van der Waals surface area contributed by atoms with Gasteiger partial charge in [-0.25, -0.2) is 0 Å². The third-order valence-electron chi connectivity index (χ3n) is 5.81. The quantitative estimate of drug-likeness (QED) is 0.118. The van der Waals surface area contributed by atoms with Crippen LogP contribution < -0.4 is 26.4 Å². The number of aromatic nitrogens is 2. The SMILES string of the molecule is CC(=O)NCCCCCCNc1nc2c(c(=O)[nH]1)NCN2C(C)O[C@H](COC(C)=O)[C@@H](COC(C)=O)OC(C)=O. The van der Waals surface area contributed by atoms with E-state index in [2.05, 4.69) is 25.9 Å². The third kappa shape index (κ3) is 11.1. The molecular formula is C25H40N6O9. The highest BCUT2D eigenvalue weighted by Crippen LogP contribution is 2.29. The lowest BCUT2D eigenvalue weighted by Crippen LogP contribution is -2.46. The number of unbranched alkanes of at least 4 members (excludes halogenated alkanes) is 3. The molecule has 1 aromatic rings. The van der Waals surface area contributed by atoms with Crippen molar-refractivity contribution in [3.8, 4) is 0 Å². The number of amides is 1. The van der Waals surface area contributed by atoms with E-state index in [1.165, 1.54) is 27.7 Å². The van der Waals surface area contributed by atoms with Crippen molar-refractivity contribution in [1.29, 1.82) is 0 Å². The highest BCUT2D eigenvalue weighted by atomic mass is 16.6. The van der Waals surface area contributed by atoms with Crippen LogP contribution in [-0.4, -0.2) is 85.2 Å². The van der Waals surface area contributed by atoms with Gasteiger partial charge in [-0.1, -0.05) is 12.8 Å². The fraction of sp³-hybridized carbons (Fsp3) is 0.680. The summed E-state index contributed by atoms with van der Waals surface area (Å²) in [6.45, 7) is 7.70. The first-order chi connectivity index (χ1) is 19.0. The van der Waals surface area contributed by atoms with Crippen molar-refractivity contribution in [2.45, 2.75) is 78.7 Å². The summed E-state index contributed by atoms with van der Waals surface area (Å²) >= 11 is 0. The summed E-state index contributed by atoms with van der Waals surface area (Å²) in [4.78, 5) is 67.1. The number of nitrogens with one attached hydrogen (secondary N) is 4. The van der Waals surface area contributed by atoms with Crippen LogP contribution in [-0.2, 0) is 38.1 Å². The number of rotatable bonds is 17. The molecule has 0 aromatic carbocycles. The van der Waals surface area contributed by atoms with E-state index in [1.54, 1.807) is 11.8 Å². The van der Waals surface area contributed by atoms with Crippen molar-refractivity contribution in [2.24, 2.45) is 0 Å². The Hall–Kier alpha value is -3.88. The lowest BCUT2D eigenvalue weighted by molar-refractivity contribution is -0.177. The molecule has 0 fully saturated rings. The maximum Gasteiger partial charge on any atom is 0.303 e. The van der Waals surface area contributed by atoms with Crippen molar-refractivity contribution >= 4 is 41.3 Å². The maximum absolute atomic E-state index is 12.7. The van der Waals surface area contributed by atoms with Gasteiger partial charge in [-0.15, -0.1) is 0 Å². The zero-order chi connectivity index (χ0) is 29.7. The summed E-state index contributed by atoms with van der Waals surface area (Å²) in [5.74, 6) is -1.17. The van der Waals surface area contributed by atoms with Crippen LogP contribution in [0.25, 0.3) is 0 Å². The zero-order valence-corrected chi connectivity index (χ0v) is 23.7. The van der Waals surface area contributed by atoms with E-state index >= 15 is 0 Å². The van der Waals surface area contributed by atoms with Gasteiger partial charge < -0.3 is 39.8 Å². The van der Waals surface area contributed by atoms with Gasteiger partial charge in [0, 0.05) is 40.8 Å². The van der Waals surface area contributed by atoms with E-state index in [4.69, 9.17) is 18.9 Å². The average Bonchev–Trinajstić information content (AvgIpc) is 3.30. The van der Waals surface area contributed by atoms with Crippen molar-refractivity contribution in [3.63, 3.8) is 0 Å². The van der Waals surface area contributed by atoms with Gasteiger partial charge >= 0.3 is 17.9 Å². The van der Waals surface area contributed by atoms with E-state index in [-0.39, 0.29) is 37.0 Å². The van der Waals surface area contributed by atoms with E-state index in [1.807, 2.05) is 0 Å². The second kappa shape index (κ2) is 16.3. The molecule has 0 aliphatic carbocycles. The summed E-state index contributed by atoms with van der Waals surface area (Å²) in [6, 6.07) is 0. The molecule has 0 spiro atoms. The lowest BCUT2D eigenvalue weighted by Gasteiger charge is -2.32. The number of esters is 3.